The number of sulfonamides is 1. The van der Waals surface area contributed by atoms with Gasteiger partial charge in [0.25, 0.3) is 0 Å². The highest BCUT2D eigenvalue weighted by atomic mass is 32.2. The van der Waals surface area contributed by atoms with Crippen molar-refractivity contribution in [3.63, 3.8) is 0 Å². The number of rotatable bonds is 2. The fourth-order valence-electron chi connectivity index (χ4n) is 2.97. The van der Waals surface area contributed by atoms with E-state index in [1.54, 1.807) is 23.6 Å². The van der Waals surface area contributed by atoms with Crippen molar-refractivity contribution in [2.75, 3.05) is 0 Å². The van der Waals surface area contributed by atoms with E-state index in [0.717, 1.165) is 16.5 Å². The van der Waals surface area contributed by atoms with E-state index in [0.29, 0.717) is 22.6 Å². The molecule has 0 radical (unpaired) electrons. The molecule has 0 atom stereocenters. The Kier molecular flexibility index (Phi) is 3.34. The van der Waals surface area contributed by atoms with Gasteiger partial charge in [-0.15, -0.1) is 10.2 Å². The molecule has 2 heterocycles. The summed E-state index contributed by atoms with van der Waals surface area (Å²) in [4.78, 5) is 0.0688. The van der Waals surface area contributed by atoms with Crippen LogP contribution in [0.2, 0.25) is 0 Å². The highest BCUT2D eigenvalue weighted by Crippen LogP contribution is 2.26. The number of nitrogens with zero attached hydrogens (tertiary/aromatic N) is 4. The van der Waals surface area contributed by atoms with Crippen LogP contribution in [0.4, 0.5) is 0 Å². The van der Waals surface area contributed by atoms with Crippen LogP contribution in [-0.2, 0) is 10.0 Å². The Hall–Kier alpha value is -2.84. The van der Waals surface area contributed by atoms with Crippen molar-refractivity contribution in [1.29, 1.82) is 0 Å². The van der Waals surface area contributed by atoms with E-state index < -0.39 is 10.0 Å². The minimum absolute atomic E-state index is 0.0688. The minimum Gasteiger partial charge on any atom is -0.225 e. The first-order valence-corrected chi connectivity index (χ1v) is 9.15. The number of primary sulfonamides is 1. The third kappa shape index (κ3) is 2.46. The molecule has 2 N–H and O–H groups in total. The Balaban J connectivity index is 2.03. The molecule has 2 aromatic carbocycles. The summed E-state index contributed by atoms with van der Waals surface area (Å²) in [5, 5.41) is 20.3. The molecule has 126 valence electrons. The summed E-state index contributed by atoms with van der Waals surface area (Å²) < 4.78 is 25.2. The molecule has 0 aliphatic carbocycles. The number of fused-ring (bicyclic) bond motifs is 3. The van der Waals surface area contributed by atoms with Crippen molar-refractivity contribution in [1.82, 2.24) is 19.8 Å². The average Bonchev–Trinajstić information content (AvgIpc) is 2.98. The monoisotopic (exact) mass is 353 g/mol. The van der Waals surface area contributed by atoms with E-state index >= 15 is 0 Å². The highest BCUT2D eigenvalue weighted by Gasteiger charge is 2.17. The zero-order valence-corrected chi connectivity index (χ0v) is 14.4. The van der Waals surface area contributed by atoms with Crippen LogP contribution >= 0.6 is 0 Å². The van der Waals surface area contributed by atoms with Crippen LogP contribution in [0.1, 0.15) is 11.3 Å². The van der Waals surface area contributed by atoms with E-state index in [9.17, 15) is 8.42 Å². The molecule has 0 aliphatic heterocycles. The van der Waals surface area contributed by atoms with Crippen molar-refractivity contribution >= 4 is 26.4 Å². The van der Waals surface area contributed by atoms with Crippen LogP contribution in [0.25, 0.3) is 27.8 Å². The number of hydrogen-bond donors (Lipinski definition) is 1. The number of benzene rings is 2. The molecule has 7 nitrogen and oxygen atoms in total. The van der Waals surface area contributed by atoms with Crippen molar-refractivity contribution in [3.8, 4) is 11.4 Å². The van der Waals surface area contributed by atoms with Gasteiger partial charge in [0.05, 0.1) is 10.6 Å². The van der Waals surface area contributed by atoms with E-state index in [2.05, 4.69) is 15.3 Å². The number of hydrogen-bond acceptors (Lipinski definition) is 5. The van der Waals surface area contributed by atoms with Gasteiger partial charge in [0.2, 0.25) is 10.0 Å². The van der Waals surface area contributed by atoms with Gasteiger partial charge < -0.3 is 0 Å². The molecule has 0 amide bonds. The lowest BCUT2D eigenvalue weighted by atomic mass is 10.1. The smallest absolute Gasteiger partial charge is 0.225 e. The quantitative estimate of drug-likeness (QED) is 0.595. The molecule has 4 rings (SSSR count). The van der Waals surface area contributed by atoms with Crippen molar-refractivity contribution in [3.05, 3.63) is 53.7 Å². The zero-order chi connectivity index (χ0) is 17.8. The summed E-state index contributed by atoms with van der Waals surface area (Å²) in [6.45, 7) is 3.61. The van der Waals surface area contributed by atoms with Crippen LogP contribution in [0.15, 0.2) is 47.4 Å². The summed E-state index contributed by atoms with van der Waals surface area (Å²) >= 11 is 0. The molecule has 2 aromatic heterocycles. The Labute approximate surface area is 144 Å². The van der Waals surface area contributed by atoms with Crippen molar-refractivity contribution < 1.29 is 8.42 Å². The molecule has 25 heavy (non-hydrogen) atoms. The summed E-state index contributed by atoms with van der Waals surface area (Å²) in [5.74, 6) is 0.466. The van der Waals surface area contributed by atoms with Gasteiger partial charge in [0.15, 0.2) is 11.5 Å². The van der Waals surface area contributed by atoms with Gasteiger partial charge in [0, 0.05) is 16.3 Å². The lowest BCUT2D eigenvalue weighted by Gasteiger charge is -2.07. The van der Waals surface area contributed by atoms with E-state index in [1.165, 1.54) is 6.07 Å². The Morgan fingerprint density at radius 3 is 2.44 bits per heavy atom. The lowest BCUT2D eigenvalue weighted by Crippen LogP contribution is -2.13. The second-order valence-corrected chi connectivity index (χ2v) is 7.45. The van der Waals surface area contributed by atoms with E-state index in [1.807, 2.05) is 31.2 Å². The number of aromatic nitrogens is 4. The summed E-state index contributed by atoms with van der Waals surface area (Å²) in [5.41, 5.74) is 2.62. The molecule has 0 aliphatic rings. The van der Waals surface area contributed by atoms with Crippen LogP contribution in [0, 0.1) is 13.8 Å². The van der Waals surface area contributed by atoms with Crippen molar-refractivity contribution in [2.24, 2.45) is 5.14 Å². The highest BCUT2D eigenvalue weighted by molar-refractivity contribution is 7.89. The standard InChI is InChI=1S/C17H15N5O2S/c1-10-7-8-12(9-15(10)25(18,23)24)16-19-20-17-14-6-4-3-5-13(14)11(2)21-22(16)17/h3-9H,1-2H3,(H2,18,23,24). The minimum atomic E-state index is -3.82. The van der Waals surface area contributed by atoms with Crippen LogP contribution in [0.5, 0.6) is 0 Å². The van der Waals surface area contributed by atoms with Gasteiger partial charge in [-0.05, 0) is 25.5 Å². The predicted molar refractivity (Wildman–Crippen MR) is 94.6 cm³/mol. The predicted octanol–water partition coefficient (Wildman–Crippen LogP) is 2.21. The topological polar surface area (TPSA) is 103 Å². The number of nitrogens with two attached hydrogens (primary N) is 1. The molecular formula is C17H15N5O2S. The van der Waals surface area contributed by atoms with Crippen LogP contribution in [0.3, 0.4) is 0 Å². The molecule has 0 fully saturated rings. The third-order valence-electron chi connectivity index (χ3n) is 4.20. The van der Waals surface area contributed by atoms with Crippen LogP contribution in [-0.4, -0.2) is 28.2 Å². The first-order chi connectivity index (χ1) is 11.9. The Morgan fingerprint density at radius 1 is 1.00 bits per heavy atom. The molecule has 0 unspecified atom stereocenters. The van der Waals surface area contributed by atoms with Gasteiger partial charge in [0.1, 0.15) is 0 Å². The SMILES string of the molecule is Cc1ccc(-c2nnc3c4ccccc4c(C)nn23)cc1S(N)(=O)=O. The maximum absolute atomic E-state index is 11.8. The molecular weight excluding hydrogens is 338 g/mol. The largest absolute Gasteiger partial charge is 0.238 e. The van der Waals surface area contributed by atoms with Gasteiger partial charge in [-0.2, -0.15) is 9.61 Å². The van der Waals surface area contributed by atoms with Crippen LogP contribution < -0.4 is 5.14 Å². The molecule has 0 bridgehead atoms. The zero-order valence-electron chi connectivity index (χ0n) is 13.6. The van der Waals surface area contributed by atoms with E-state index in [4.69, 9.17) is 5.14 Å². The Bertz CT molecular complexity index is 1240. The summed E-state index contributed by atoms with van der Waals surface area (Å²) in [6.07, 6.45) is 0. The van der Waals surface area contributed by atoms with Gasteiger partial charge in [-0.3, -0.25) is 0 Å². The second-order valence-electron chi connectivity index (χ2n) is 5.92. The van der Waals surface area contributed by atoms with Crippen molar-refractivity contribution in [2.45, 2.75) is 18.7 Å². The average molecular weight is 353 g/mol. The molecule has 0 saturated carbocycles. The fraction of sp³-hybridized carbons (Fsp3) is 0.118. The van der Waals surface area contributed by atoms with Gasteiger partial charge in [-0.1, -0.05) is 36.4 Å². The van der Waals surface area contributed by atoms with E-state index in [-0.39, 0.29) is 4.90 Å². The fourth-order valence-corrected chi connectivity index (χ4v) is 3.77. The molecule has 4 aromatic rings. The first-order valence-electron chi connectivity index (χ1n) is 7.61. The second kappa shape index (κ2) is 5.33. The van der Waals surface area contributed by atoms with Gasteiger partial charge >= 0.3 is 0 Å². The Morgan fingerprint density at radius 2 is 1.72 bits per heavy atom. The maximum atomic E-state index is 11.8. The molecule has 0 saturated heterocycles. The summed E-state index contributed by atoms with van der Waals surface area (Å²) in [6, 6.07) is 12.8. The van der Waals surface area contributed by atoms with Gasteiger partial charge in [-0.25, -0.2) is 13.6 Å². The molecule has 8 heteroatoms. The normalized spacial score (nSPS) is 12.1. The number of aryl methyl sites for hydroxylation is 2. The maximum Gasteiger partial charge on any atom is 0.238 e. The lowest BCUT2D eigenvalue weighted by molar-refractivity contribution is 0.597. The molecule has 0 spiro atoms. The first kappa shape index (κ1) is 15.7. The third-order valence-corrected chi connectivity index (χ3v) is 5.25. The summed E-state index contributed by atoms with van der Waals surface area (Å²) in [7, 11) is -3.82.